The summed E-state index contributed by atoms with van der Waals surface area (Å²) in [6.45, 7) is 9.20. The first-order valence-electron chi connectivity index (χ1n) is 8.50. The molecule has 2 atom stereocenters. The minimum absolute atomic E-state index is 0.381. The Bertz CT molecular complexity index is 498. The van der Waals surface area contributed by atoms with E-state index in [1.54, 1.807) is 0 Å². The zero-order chi connectivity index (χ0) is 15.5. The summed E-state index contributed by atoms with van der Waals surface area (Å²) >= 11 is 0. The number of methoxy groups -OCH3 is 1. The van der Waals surface area contributed by atoms with Gasteiger partial charge in [0.2, 0.25) is 0 Å². The van der Waals surface area contributed by atoms with Crippen molar-refractivity contribution in [2.24, 2.45) is 0 Å². The van der Waals surface area contributed by atoms with Gasteiger partial charge in [0.1, 0.15) is 0 Å². The number of likely N-dealkylation sites (tertiary alicyclic amines) is 1. The maximum atomic E-state index is 5.59. The predicted molar refractivity (Wildman–Crippen MR) is 87.2 cm³/mol. The molecule has 0 spiro atoms. The largest absolute Gasteiger partial charge is 0.381 e. The number of aromatic nitrogens is 1. The molecule has 0 radical (unpaired) electrons. The molecule has 0 N–H and O–H groups in total. The van der Waals surface area contributed by atoms with Crippen LogP contribution in [0.3, 0.4) is 0 Å². The first-order valence-corrected chi connectivity index (χ1v) is 8.50. The number of hydrogen-bond donors (Lipinski definition) is 0. The van der Waals surface area contributed by atoms with Crippen molar-refractivity contribution in [1.29, 1.82) is 0 Å². The van der Waals surface area contributed by atoms with Crippen LogP contribution < -0.4 is 0 Å². The van der Waals surface area contributed by atoms with Gasteiger partial charge in [-0.25, -0.2) is 0 Å². The summed E-state index contributed by atoms with van der Waals surface area (Å²) in [7, 11) is 1.81. The van der Waals surface area contributed by atoms with E-state index in [4.69, 9.17) is 14.5 Å². The van der Waals surface area contributed by atoms with Crippen molar-refractivity contribution in [2.45, 2.75) is 51.2 Å². The standard InChI is InChI=1S/C18H28N2O2/c1-13(2)17-5-4-16(14-7-9-22-12-14)18(19-17)11-20-8-6-15(10-20)21-3/h4-5,13-15H,6-12H2,1-3H3/t14?,15-/m0/s1. The van der Waals surface area contributed by atoms with Crippen molar-refractivity contribution in [1.82, 2.24) is 9.88 Å². The highest BCUT2D eigenvalue weighted by Gasteiger charge is 2.26. The molecule has 1 aromatic rings. The van der Waals surface area contributed by atoms with Gasteiger partial charge in [-0.3, -0.25) is 9.88 Å². The summed E-state index contributed by atoms with van der Waals surface area (Å²) in [4.78, 5) is 7.47. The van der Waals surface area contributed by atoms with Crippen LogP contribution in [0.15, 0.2) is 12.1 Å². The normalized spacial score (nSPS) is 26.2. The quantitative estimate of drug-likeness (QED) is 0.838. The summed E-state index contributed by atoms with van der Waals surface area (Å²) in [5, 5.41) is 0. The minimum atomic E-state index is 0.381. The fourth-order valence-corrected chi connectivity index (χ4v) is 3.47. The molecular weight excluding hydrogens is 276 g/mol. The first kappa shape index (κ1) is 15.9. The van der Waals surface area contributed by atoms with Crippen LogP contribution in [0, 0.1) is 0 Å². The van der Waals surface area contributed by atoms with Crippen molar-refractivity contribution in [3.8, 4) is 0 Å². The summed E-state index contributed by atoms with van der Waals surface area (Å²) in [6, 6.07) is 4.49. The van der Waals surface area contributed by atoms with Crippen LogP contribution in [0.2, 0.25) is 0 Å². The second kappa shape index (κ2) is 7.07. The van der Waals surface area contributed by atoms with Crippen molar-refractivity contribution >= 4 is 0 Å². The maximum Gasteiger partial charge on any atom is 0.0710 e. The van der Waals surface area contributed by atoms with E-state index in [0.717, 1.165) is 45.7 Å². The molecule has 0 saturated carbocycles. The van der Waals surface area contributed by atoms with Crippen molar-refractivity contribution in [3.63, 3.8) is 0 Å². The average molecular weight is 304 g/mol. The number of nitrogens with zero attached hydrogens (tertiary/aromatic N) is 2. The molecule has 2 fully saturated rings. The monoisotopic (exact) mass is 304 g/mol. The van der Waals surface area contributed by atoms with Gasteiger partial charge in [0.05, 0.1) is 18.4 Å². The fourth-order valence-electron chi connectivity index (χ4n) is 3.47. The van der Waals surface area contributed by atoms with E-state index in [9.17, 15) is 0 Å². The topological polar surface area (TPSA) is 34.6 Å². The Morgan fingerprint density at radius 1 is 1.36 bits per heavy atom. The molecule has 0 amide bonds. The van der Waals surface area contributed by atoms with Gasteiger partial charge in [-0.15, -0.1) is 0 Å². The molecule has 2 saturated heterocycles. The third-order valence-electron chi connectivity index (χ3n) is 4.93. The second-order valence-electron chi connectivity index (χ2n) is 6.87. The molecule has 3 heterocycles. The highest BCUT2D eigenvalue weighted by molar-refractivity contribution is 5.29. The summed E-state index contributed by atoms with van der Waals surface area (Å²) < 4.78 is 11.1. The van der Waals surface area contributed by atoms with Crippen LogP contribution in [0.4, 0.5) is 0 Å². The van der Waals surface area contributed by atoms with E-state index >= 15 is 0 Å². The smallest absolute Gasteiger partial charge is 0.0710 e. The lowest BCUT2D eigenvalue weighted by Gasteiger charge is -2.21. The molecule has 2 aliphatic heterocycles. The van der Waals surface area contributed by atoms with Gasteiger partial charge in [0.25, 0.3) is 0 Å². The van der Waals surface area contributed by atoms with Crippen LogP contribution in [0.25, 0.3) is 0 Å². The molecule has 0 aliphatic carbocycles. The van der Waals surface area contributed by atoms with Crippen LogP contribution in [-0.2, 0) is 16.0 Å². The van der Waals surface area contributed by atoms with Crippen LogP contribution in [-0.4, -0.2) is 49.4 Å². The van der Waals surface area contributed by atoms with Crippen LogP contribution in [0.5, 0.6) is 0 Å². The Labute approximate surface area is 133 Å². The molecule has 1 unspecified atom stereocenters. The van der Waals surface area contributed by atoms with Crippen molar-refractivity contribution in [3.05, 3.63) is 29.1 Å². The lowest BCUT2D eigenvalue weighted by Crippen LogP contribution is -2.24. The zero-order valence-corrected chi connectivity index (χ0v) is 14.0. The molecule has 4 nitrogen and oxygen atoms in total. The van der Waals surface area contributed by atoms with Gasteiger partial charge in [0, 0.05) is 45.0 Å². The zero-order valence-electron chi connectivity index (χ0n) is 14.0. The molecule has 122 valence electrons. The molecule has 22 heavy (non-hydrogen) atoms. The lowest BCUT2D eigenvalue weighted by atomic mass is 9.95. The number of hydrogen-bond acceptors (Lipinski definition) is 4. The van der Waals surface area contributed by atoms with E-state index in [2.05, 4.69) is 30.9 Å². The average Bonchev–Trinajstić information content (AvgIpc) is 3.18. The molecular formula is C18H28N2O2. The minimum Gasteiger partial charge on any atom is -0.381 e. The van der Waals surface area contributed by atoms with E-state index in [0.29, 0.717) is 17.9 Å². The third-order valence-corrected chi connectivity index (χ3v) is 4.93. The molecule has 3 rings (SSSR count). The van der Waals surface area contributed by atoms with Crippen LogP contribution >= 0.6 is 0 Å². The van der Waals surface area contributed by atoms with Gasteiger partial charge in [-0.1, -0.05) is 19.9 Å². The highest BCUT2D eigenvalue weighted by Crippen LogP contribution is 2.30. The van der Waals surface area contributed by atoms with E-state index in [1.165, 1.54) is 17.0 Å². The Balaban J connectivity index is 1.80. The van der Waals surface area contributed by atoms with Gasteiger partial charge < -0.3 is 9.47 Å². The number of rotatable bonds is 5. The lowest BCUT2D eigenvalue weighted by molar-refractivity contribution is 0.107. The summed E-state index contributed by atoms with van der Waals surface area (Å²) in [5.41, 5.74) is 3.83. The Hall–Kier alpha value is -0.970. The molecule has 1 aromatic heterocycles. The maximum absolute atomic E-state index is 5.59. The van der Waals surface area contributed by atoms with Crippen molar-refractivity contribution < 1.29 is 9.47 Å². The van der Waals surface area contributed by atoms with Crippen LogP contribution in [0.1, 0.15) is 55.5 Å². The van der Waals surface area contributed by atoms with E-state index in [1.807, 2.05) is 7.11 Å². The first-order chi connectivity index (χ1) is 10.7. The van der Waals surface area contributed by atoms with E-state index < -0.39 is 0 Å². The molecule has 4 heteroatoms. The molecule has 0 bridgehead atoms. The van der Waals surface area contributed by atoms with Gasteiger partial charge >= 0.3 is 0 Å². The molecule has 2 aliphatic rings. The van der Waals surface area contributed by atoms with Gasteiger partial charge in [0.15, 0.2) is 0 Å². The van der Waals surface area contributed by atoms with Gasteiger partial charge in [-0.2, -0.15) is 0 Å². The fraction of sp³-hybridized carbons (Fsp3) is 0.722. The van der Waals surface area contributed by atoms with Crippen molar-refractivity contribution in [2.75, 3.05) is 33.4 Å². The SMILES string of the molecule is CO[C@H]1CCN(Cc2nc(C(C)C)ccc2C2CCOC2)C1. The number of pyridine rings is 1. The summed E-state index contributed by atoms with van der Waals surface area (Å²) in [5.74, 6) is 0.988. The summed E-state index contributed by atoms with van der Waals surface area (Å²) in [6.07, 6.45) is 2.63. The third kappa shape index (κ3) is 3.50. The second-order valence-corrected chi connectivity index (χ2v) is 6.87. The highest BCUT2D eigenvalue weighted by atomic mass is 16.5. The Morgan fingerprint density at radius 2 is 2.23 bits per heavy atom. The van der Waals surface area contributed by atoms with E-state index in [-0.39, 0.29) is 0 Å². The molecule has 0 aromatic carbocycles. The number of ether oxygens (including phenoxy) is 2. The Morgan fingerprint density at radius 3 is 2.86 bits per heavy atom. The predicted octanol–water partition coefficient (Wildman–Crippen LogP) is 2.93. The van der Waals surface area contributed by atoms with Gasteiger partial charge in [-0.05, 0) is 30.4 Å². The Kier molecular flexibility index (Phi) is 5.11.